The van der Waals surface area contributed by atoms with Crippen LogP contribution in [0.3, 0.4) is 0 Å². The molecule has 2 aromatic rings. The summed E-state index contributed by atoms with van der Waals surface area (Å²) in [4.78, 5) is 4.61. The number of aliphatic imine (C=N–C) groups is 1. The summed E-state index contributed by atoms with van der Waals surface area (Å²) >= 11 is 0. The normalized spacial score (nSPS) is 11.3. The molecule has 23 heavy (non-hydrogen) atoms. The highest BCUT2D eigenvalue weighted by molar-refractivity contribution is 5.79. The second-order valence-electron chi connectivity index (χ2n) is 5.02. The molecule has 0 amide bonds. The minimum atomic E-state index is 0.706. The van der Waals surface area contributed by atoms with E-state index >= 15 is 0 Å². The summed E-state index contributed by atoms with van der Waals surface area (Å²) in [5, 5.41) is 10.8. The first-order valence-electron chi connectivity index (χ1n) is 7.95. The number of hydrogen-bond acceptors (Lipinski definition) is 3. The molecule has 1 aromatic carbocycles. The van der Waals surface area contributed by atoms with Crippen LogP contribution in [0.2, 0.25) is 0 Å². The Morgan fingerprint density at radius 1 is 1.26 bits per heavy atom. The quantitative estimate of drug-likeness (QED) is 0.575. The molecule has 0 aliphatic heterocycles. The van der Waals surface area contributed by atoms with Gasteiger partial charge in [-0.05, 0) is 31.0 Å². The number of guanidine groups is 1. The smallest absolute Gasteiger partial charge is 0.191 e. The highest BCUT2D eigenvalue weighted by Crippen LogP contribution is 2.17. The number of ether oxygens (including phenoxy) is 1. The van der Waals surface area contributed by atoms with Gasteiger partial charge in [-0.25, -0.2) is 0 Å². The fraction of sp³-hybridized carbons (Fsp3) is 0.412. The van der Waals surface area contributed by atoms with E-state index in [9.17, 15) is 0 Å². The number of para-hydroxylation sites is 1. The molecule has 124 valence electrons. The molecule has 0 saturated carbocycles. The van der Waals surface area contributed by atoms with Crippen molar-refractivity contribution in [3.05, 3.63) is 48.3 Å². The molecule has 1 heterocycles. The zero-order valence-electron chi connectivity index (χ0n) is 13.8. The Kier molecular flexibility index (Phi) is 6.97. The third kappa shape index (κ3) is 5.65. The van der Waals surface area contributed by atoms with Crippen molar-refractivity contribution in [1.29, 1.82) is 0 Å². The summed E-state index contributed by atoms with van der Waals surface area (Å²) < 4.78 is 7.26. The average molecular weight is 315 g/mol. The van der Waals surface area contributed by atoms with Crippen LogP contribution >= 0.6 is 0 Å². The summed E-state index contributed by atoms with van der Waals surface area (Å²) in [6.45, 7) is 5.19. The second kappa shape index (κ2) is 9.50. The van der Waals surface area contributed by atoms with E-state index in [0.717, 1.165) is 37.8 Å². The Morgan fingerprint density at radius 3 is 2.87 bits per heavy atom. The second-order valence-corrected chi connectivity index (χ2v) is 5.02. The number of hydrogen-bond donors (Lipinski definition) is 2. The van der Waals surface area contributed by atoms with E-state index in [0.29, 0.717) is 6.54 Å². The van der Waals surface area contributed by atoms with Gasteiger partial charge in [-0.3, -0.25) is 9.67 Å². The third-order valence-electron chi connectivity index (χ3n) is 3.38. The van der Waals surface area contributed by atoms with Gasteiger partial charge in [0.1, 0.15) is 5.75 Å². The van der Waals surface area contributed by atoms with E-state index in [1.807, 2.05) is 35.1 Å². The Labute approximate surface area is 137 Å². The average Bonchev–Trinajstić information content (AvgIpc) is 3.08. The molecule has 6 heteroatoms. The molecule has 2 N–H and O–H groups in total. The van der Waals surface area contributed by atoms with Crippen LogP contribution in [0.4, 0.5) is 0 Å². The zero-order chi connectivity index (χ0) is 16.3. The summed E-state index contributed by atoms with van der Waals surface area (Å²) in [6, 6.07) is 9.98. The molecule has 1 aromatic heterocycles. The van der Waals surface area contributed by atoms with Crippen LogP contribution in [0.1, 0.15) is 12.5 Å². The maximum atomic E-state index is 5.37. The van der Waals surface area contributed by atoms with Gasteiger partial charge in [0.2, 0.25) is 0 Å². The van der Waals surface area contributed by atoms with Crippen molar-refractivity contribution >= 4 is 5.96 Å². The highest BCUT2D eigenvalue weighted by atomic mass is 16.5. The topological polar surface area (TPSA) is 63.5 Å². The summed E-state index contributed by atoms with van der Waals surface area (Å²) in [7, 11) is 1.70. The lowest BCUT2D eigenvalue weighted by atomic mass is 10.1. The first-order valence-corrected chi connectivity index (χ1v) is 7.95. The maximum Gasteiger partial charge on any atom is 0.191 e. The van der Waals surface area contributed by atoms with E-state index in [2.05, 4.69) is 33.7 Å². The van der Waals surface area contributed by atoms with Gasteiger partial charge in [0.05, 0.1) is 13.7 Å². The molecule has 6 nitrogen and oxygen atoms in total. The minimum Gasteiger partial charge on any atom is -0.496 e. The molecule has 0 unspecified atom stereocenters. The van der Waals surface area contributed by atoms with E-state index in [4.69, 9.17) is 4.74 Å². The van der Waals surface area contributed by atoms with E-state index < -0.39 is 0 Å². The standard InChI is InChI=1S/C17H25N5O/c1-3-18-17(20-12-14-22-13-6-10-21-22)19-11-9-15-7-4-5-8-16(15)23-2/h4-8,10,13H,3,9,11-12,14H2,1-2H3,(H2,18,19,20). The maximum absolute atomic E-state index is 5.37. The number of aromatic nitrogens is 2. The Balaban J connectivity index is 1.83. The molecule has 0 spiro atoms. The minimum absolute atomic E-state index is 0.706. The van der Waals surface area contributed by atoms with Crippen molar-refractivity contribution < 1.29 is 4.74 Å². The first kappa shape index (κ1) is 16.9. The SMILES string of the molecule is CCNC(=NCCc1ccccc1OC)NCCn1cccn1. The molecule has 0 aliphatic carbocycles. The van der Waals surface area contributed by atoms with Crippen molar-refractivity contribution in [2.24, 2.45) is 4.99 Å². The zero-order valence-corrected chi connectivity index (χ0v) is 13.8. The lowest BCUT2D eigenvalue weighted by Crippen LogP contribution is -2.39. The Morgan fingerprint density at radius 2 is 2.13 bits per heavy atom. The Bertz CT molecular complexity index is 595. The van der Waals surface area contributed by atoms with Crippen LogP contribution in [0, 0.1) is 0 Å². The third-order valence-corrected chi connectivity index (χ3v) is 3.38. The van der Waals surface area contributed by atoms with Crippen LogP contribution in [-0.2, 0) is 13.0 Å². The lowest BCUT2D eigenvalue weighted by Gasteiger charge is -2.12. The number of methoxy groups -OCH3 is 1. The van der Waals surface area contributed by atoms with Crippen LogP contribution in [0.5, 0.6) is 5.75 Å². The molecule has 0 bridgehead atoms. The van der Waals surface area contributed by atoms with Gasteiger partial charge >= 0.3 is 0 Å². The largest absolute Gasteiger partial charge is 0.496 e. The predicted octanol–water partition coefficient (Wildman–Crippen LogP) is 1.69. The molecule has 0 radical (unpaired) electrons. The van der Waals surface area contributed by atoms with E-state index in [-0.39, 0.29) is 0 Å². The van der Waals surface area contributed by atoms with Gasteiger partial charge in [0.25, 0.3) is 0 Å². The number of nitrogens with one attached hydrogen (secondary N) is 2. The molecule has 0 aliphatic rings. The van der Waals surface area contributed by atoms with Crippen LogP contribution < -0.4 is 15.4 Å². The van der Waals surface area contributed by atoms with Crippen molar-refractivity contribution in [2.75, 3.05) is 26.7 Å². The van der Waals surface area contributed by atoms with E-state index in [1.54, 1.807) is 13.3 Å². The van der Waals surface area contributed by atoms with Gasteiger partial charge in [-0.1, -0.05) is 18.2 Å². The van der Waals surface area contributed by atoms with Crippen molar-refractivity contribution in [3.8, 4) is 5.75 Å². The summed E-state index contributed by atoms with van der Waals surface area (Å²) in [5.74, 6) is 1.74. The number of nitrogens with zero attached hydrogens (tertiary/aromatic N) is 3. The van der Waals surface area contributed by atoms with Crippen LogP contribution in [0.25, 0.3) is 0 Å². The highest BCUT2D eigenvalue weighted by Gasteiger charge is 2.02. The van der Waals surface area contributed by atoms with Gasteiger partial charge in [-0.2, -0.15) is 5.10 Å². The van der Waals surface area contributed by atoms with Crippen molar-refractivity contribution in [3.63, 3.8) is 0 Å². The molecule has 0 atom stereocenters. The monoisotopic (exact) mass is 315 g/mol. The van der Waals surface area contributed by atoms with Gasteiger partial charge in [0, 0.05) is 32.0 Å². The van der Waals surface area contributed by atoms with Crippen LogP contribution in [-0.4, -0.2) is 42.5 Å². The first-order chi connectivity index (χ1) is 11.3. The molecule has 2 rings (SSSR count). The molecule has 0 saturated heterocycles. The summed E-state index contributed by atoms with van der Waals surface area (Å²) in [6.07, 6.45) is 4.58. The fourth-order valence-electron chi connectivity index (χ4n) is 2.26. The molecular formula is C17H25N5O. The fourth-order valence-corrected chi connectivity index (χ4v) is 2.26. The molecular weight excluding hydrogens is 290 g/mol. The predicted molar refractivity (Wildman–Crippen MR) is 92.9 cm³/mol. The van der Waals surface area contributed by atoms with Crippen LogP contribution in [0.15, 0.2) is 47.7 Å². The number of benzene rings is 1. The number of rotatable bonds is 8. The van der Waals surface area contributed by atoms with Crippen molar-refractivity contribution in [1.82, 2.24) is 20.4 Å². The Hall–Kier alpha value is -2.50. The summed E-state index contributed by atoms with van der Waals surface area (Å²) in [5.41, 5.74) is 1.17. The van der Waals surface area contributed by atoms with Gasteiger partial charge in [-0.15, -0.1) is 0 Å². The van der Waals surface area contributed by atoms with Gasteiger partial charge in [0.15, 0.2) is 5.96 Å². The lowest BCUT2D eigenvalue weighted by molar-refractivity contribution is 0.410. The van der Waals surface area contributed by atoms with Crippen molar-refractivity contribution in [2.45, 2.75) is 19.9 Å². The molecule has 0 fully saturated rings. The van der Waals surface area contributed by atoms with Gasteiger partial charge < -0.3 is 15.4 Å². The van der Waals surface area contributed by atoms with E-state index in [1.165, 1.54) is 5.56 Å².